The van der Waals surface area contributed by atoms with Gasteiger partial charge in [-0.05, 0) is 19.4 Å². The molecule has 0 spiro atoms. The lowest BCUT2D eigenvalue weighted by atomic mass is 10.2. The molecule has 0 bridgehead atoms. The summed E-state index contributed by atoms with van der Waals surface area (Å²) in [6.07, 6.45) is 0.908. The summed E-state index contributed by atoms with van der Waals surface area (Å²) in [6.45, 7) is 4.02. The number of rotatable bonds is 5. The number of aryl methyl sites for hydroxylation is 1. The Bertz CT molecular complexity index is 709. The van der Waals surface area contributed by atoms with Crippen LogP contribution < -0.4 is 10.9 Å². The molecule has 1 heterocycles. The first kappa shape index (κ1) is 15.6. The smallest absolute Gasteiger partial charge is 0.251 e. The molecule has 2 aromatic rings. The number of para-hydroxylation sites is 1. The van der Waals surface area contributed by atoms with Crippen LogP contribution in [0, 0.1) is 0 Å². The number of hydrogen-bond donors (Lipinski definition) is 1. The van der Waals surface area contributed by atoms with Crippen LogP contribution in [-0.2, 0) is 11.8 Å². The van der Waals surface area contributed by atoms with Crippen LogP contribution in [0.5, 0.6) is 0 Å². The SMILES string of the molecule is CC[C@H](C)NC(=O)CSc1cc(=O)n(C)c2ccccc12. The molecule has 1 amide bonds. The van der Waals surface area contributed by atoms with Crippen LogP contribution in [0.3, 0.4) is 0 Å². The van der Waals surface area contributed by atoms with Gasteiger partial charge in [-0.3, -0.25) is 9.59 Å². The van der Waals surface area contributed by atoms with E-state index in [0.29, 0.717) is 5.75 Å². The maximum Gasteiger partial charge on any atom is 0.251 e. The number of amides is 1. The molecule has 0 saturated heterocycles. The van der Waals surface area contributed by atoms with Crippen LogP contribution in [0.2, 0.25) is 0 Å². The van der Waals surface area contributed by atoms with Crippen LogP contribution in [-0.4, -0.2) is 22.3 Å². The molecule has 1 aromatic carbocycles. The van der Waals surface area contributed by atoms with Crippen molar-refractivity contribution >= 4 is 28.6 Å². The van der Waals surface area contributed by atoms with E-state index in [1.165, 1.54) is 11.8 Å². The van der Waals surface area contributed by atoms with E-state index in [9.17, 15) is 9.59 Å². The van der Waals surface area contributed by atoms with Crippen molar-refractivity contribution in [3.63, 3.8) is 0 Å². The minimum absolute atomic E-state index is 0.000826. The quantitative estimate of drug-likeness (QED) is 0.864. The lowest BCUT2D eigenvalue weighted by Crippen LogP contribution is -2.33. The Hall–Kier alpha value is -1.75. The minimum atomic E-state index is -0.0569. The summed E-state index contributed by atoms with van der Waals surface area (Å²) >= 11 is 1.41. The molecule has 0 radical (unpaired) electrons. The van der Waals surface area contributed by atoms with E-state index >= 15 is 0 Å². The zero-order chi connectivity index (χ0) is 15.4. The second-order valence-electron chi connectivity index (χ2n) is 5.09. The molecule has 1 atom stereocenters. The van der Waals surface area contributed by atoms with Crippen LogP contribution in [0.15, 0.2) is 40.0 Å². The molecular formula is C16H20N2O2S. The van der Waals surface area contributed by atoms with E-state index in [1.54, 1.807) is 17.7 Å². The van der Waals surface area contributed by atoms with Crippen molar-refractivity contribution in [2.45, 2.75) is 31.2 Å². The Kier molecular flexibility index (Phi) is 5.07. The van der Waals surface area contributed by atoms with Crippen LogP contribution >= 0.6 is 11.8 Å². The summed E-state index contributed by atoms with van der Waals surface area (Å²) in [5.74, 6) is 0.320. The Labute approximate surface area is 128 Å². The molecule has 1 N–H and O–H groups in total. The lowest BCUT2D eigenvalue weighted by Gasteiger charge is -2.12. The van der Waals surface area contributed by atoms with E-state index in [2.05, 4.69) is 5.32 Å². The van der Waals surface area contributed by atoms with Crippen molar-refractivity contribution in [1.82, 2.24) is 9.88 Å². The molecule has 0 aliphatic heterocycles. The number of hydrogen-bond acceptors (Lipinski definition) is 3. The molecular weight excluding hydrogens is 284 g/mol. The van der Waals surface area contributed by atoms with E-state index < -0.39 is 0 Å². The molecule has 0 fully saturated rings. The third kappa shape index (κ3) is 3.67. The van der Waals surface area contributed by atoms with Crippen molar-refractivity contribution in [3.05, 3.63) is 40.7 Å². The van der Waals surface area contributed by atoms with Gasteiger partial charge in [0.1, 0.15) is 0 Å². The number of pyridine rings is 1. The highest BCUT2D eigenvalue weighted by Crippen LogP contribution is 2.25. The van der Waals surface area contributed by atoms with Gasteiger partial charge in [-0.2, -0.15) is 0 Å². The van der Waals surface area contributed by atoms with Gasteiger partial charge < -0.3 is 9.88 Å². The zero-order valence-electron chi connectivity index (χ0n) is 12.6. The Morgan fingerprint density at radius 1 is 1.38 bits per heavy atom. The molecule has 2 rings (SSSR count). The third-order valence-electron chi connectivity index (χ3n) is 3.49. The van der Waals surface area contributed by atoms with Gasteiger partial charge in [0.25, 0.3) is 5.56 Å². The highest BCUT2D eigenvalue weighted by Gasteiger charge is 2.10. The van der Waals surface area contributed by atoms with E-state index in [-0.39, 0.29) is 17.5 Å². The zero-order valence-corrected chi connectivity index (χ0v) is 13.4. The maximum atomic E-state index is 12.0. The number of nitrogens with one attached hydrogen (secondary N) is 1. The molecule has 0 saturated carbocycles. The number of aromatic nitrogens is 1. The average Bonchev–Trinajstić information content (AvgIpc) is 2.49. The first-order valence-electron chi connectivity index (χ1n) is 7.04. The van der Waals surface area contributed by atoms with Crippen molar-refractivity contribution in [3.8, 4) is 0 Å². The topological polar surface area (TPSA) is 51.1 Å². The minimum Gasteiger partial charge on any atom is -0.353 e. The van der Waals surface area contributed by atoms with Gasteiger partial charge >= 0.3 is 0 Å². The van der Waals surface area contributed by atoms with E-state index in [1.807, 2.05) is 38.1 Å². The molecule has 4 nitrogen and oxygen atoms in total. The largest absolute Gasteiger partial charge is 0.353 e. The van der Waals surface area contributed by atoms with Crippen LogP contribution in [0.25, 0.3) is 10.9 Å². The monoisotopic (exact) mass is 304 g/mol. The Morgan fingerprint density at radius 2 is 2.10 bits per heavy atom. The molecule has 5 heteroatoms. The number of benzene rings is 1. The summed E-state index contributed by atoms with van der Waals surface area (Å²) in [5, 5.41) is 3.93. The maximum absolute atomic E-state index is 12.0. The first-order chi connectivity index (χ1) is 10.0. The van der Waals surface area contributed by atoms with Gasteiger partial charge in [-0.1, -0.05) is 25.1 Å². The molecule has 0 aliphatic carbocycles. The van der Waals surface area contributed by atoms with Gasteiger partial charge in [0.2, 0.25) is 5.91 Å². The fraction of sp³-hybridized carbons (Fsp3) is 0.375. The van der Waals surface area contributed by atoms with Gasteiger partial charge in [-0.15, -0.1) is 11.8 Å². The second-order valence-corrected chi connectivity index (χ2v) is 6.11. The highest BCUT2D eigenvalue weighted by molar-refractivity contribution is 8.00. The predicted octanol–water partition coefficient (Wildman–Crippen LogP) is 2.55. The molecule has 0 unspecified atom stereocenters. The van der Waals surface area contributed by atoms with E-state index in [0.717, 1.165) is 22.2 Å². The Balaban J connectivity index is 2.21. The first-order valence-corrected chi connectivity index (χ1v) is 8.02. The highest BCUT2D eigenvalue weighted by atomic mass is 32.2. The van der Waals surface area contributed by atoms with Gasteiger partial charge in [0.05, 0.1) is 11.3 Å². The fourth-order valence-corrected chi connectivity index (χ4v) is 2.94. The number of carbonyl (C=O) groups excluding carboxylic acids is 1. The summed E-state index contributed by atoms with van der Waals surface area (Å²) in [5.41, 5.74) is 0.827. The van der Waals surface area contributed by atoms with Crippen molar-refractivity contribution in [1.29, 1.82) is 0 Å². The van der Waals surface area contributed by atoms with E-state index in [4.69, 9.17) is 0 Å². The number of carbonyl (C=O) groups is 1. The molecule has 1 aromatic heterocycles. The van der Waals surface area contributed by atoms with Crippen molar-refractivity contribution < 1.29 is 4.79 Å². The standard InChI is InChI=1S/C16H20N2O2S/c1-4-11(2)17-15(19)10-21-14-9-16(20)18(3)13-8-6-5-7-12(13)14/h5-9,11H,4,10H2,1-3H3,(H,17,19)/t11-/m0/s1. The molecule has 0 aliphatic rings. The normalized spacial score (nSPS) is 12.3. The van der Waals surface area contributed by atoms with Crippen LogP contribution in [0.1, 0.15) is 20.3 Å². The van der Waals surface area contributed by atoms with Crippen LogP contribution in [0.4, 0.5) is 0 Å². The third-order valence-corrected chi connectivity index (χ3v) is 4.55. The molecule has 21 heavy (non-hydrogen) atoms. The van der Waals surface area contributed by atoms with Crippen molar-refractivity contribution in [2.75, 3.05) is 5.75 Å². The number of nitrogens with zero attached hydrogens (tertiary/aromatic N) is 1. The Morgan fingerprint density at radius 3 is 2.81 bits per heavy atom. The summed E-state index contributed by atoms with van der Waals surface area (Å²) in [6, 6.07) is 9.52. The van der Waals surface area contributed by atoms with Gasteiger partial charge in [0, 0.05) is 29.4 Å². The number of thioether (sulfide) groups is 1. The summed E-state index contributed by atoms with van der Waals surface area (Å²) in [7, 11) is 1.76. The lowest BCUT2D eigenvalue weighted by molar-refractivity contribution is -0.119. The summed E-state index contributed by atoms with van der Waals surface area (Å²) in [4.78, 5) is 24.7. The molecule has 112 valence electrons. The fourth-order valence-electron chi connectivity index (χ4n) is 2.06. The van der Waals surface area contributed by atoms with Gasteiger partial charge in [0.15, 0.2) is 0 Å². The van der Waals surface area contributed by atoms with Crippen molar-refractivity contribution in [2.24, 2.45) is 7.05 Å². The average molecular weight is 304 g/mol. The predicted molar refractivity (Wildman–Crippen MR) is 87.8 cm³/mol. The second kappa shape index (κ2) is 6.80. The van der Waals surface area contributed by atoms with Gasteiger partial charge in [-0.25, -0.2) is 0 Å². The number of fused-ring (bicyclic) bond motifs is 1. The summed E-state index contributed by atoms with van der Waals surface area (Å²) < 4.78 is 1.62.